The molecule has 1 N–H and O–H groups in total. The Kier molecular flexibility index (Phi) is 5.00. The van der Waals surface area contributed by atoms with Gasteiger partial charge in [0.2, 0.25) is 5.78 Å². The Hall–Kier alpha value is -2.41. The molecule has 2 aromatic heterocycles. The van der Waals surface area contributed by atoms with Gasteiger partial charge in [-0.15, -0.1) is 11.3 Å². The normalized spacial score (nSPS) is 11.8. The number of esters is 2. The Bertz CT molecular complexity index is 745. The minimum atomic E-state index is -0.966. The molecule has 0 aliphatic heterocycles. The summed E-state index contributed by atoms with van der Waals surface area (Å²) in [5.74, 6) is -1.46. The highest BCUT2D eigenvalue weighted by Gasteiger charge is 2.27. The van der Waals surface area contributed by atoms with E-state index < -0.39 is 23.8 Å². The maximum Gasteiger partial charge on any atom is 0.349 e. The molecule has 0 aliphatic carbocycles. The van der Waals surface area contributed by atoms with Gasteiger partial charge in [-0.05, 0) is 37.8 Å². The largest absolute Gasteiger partial charge is 0.465 e. The number of nitrogens with one attached hydrogen (secondary N) is 1. The highest BCUT2D eigenvalue weighted by molar-refractivity contribution is 7.11. The summed E-state index contributed by atoms with van der Waals surface area (Å²) in [7, 11) is 1.28. The number of rotatable bonds is 5. The van der Waals surface area contributed by atoms with Gasteiger partial charge >= 0.3 is 11.9 Å². The number of carbonyl (C=O) groups excluding carboxylic acids is 3. The van der Waals surface area contributed by atoms with Crippen LogP contribution in [-0.2, 0) is 9.47 Å². The summed E-state index contributed by atoms with van der Waals surface area (Å²) in [4.78, 5) is 39.5. The maximum atomic E-state index is 12.5. The van der Waals surface area contributed by atoms with Crippen LogP contribution in [0.3, 0.4) is 0 Å². The van der Waals surface area contributed by atoms with Gasteiger partial charge in [0.1, 0.15) is 4.88 Å². The van der Waals surface area contributed by atoms with Crippen LogP contribution in [0.15, 0.2) is 17.5 Å². The van der Waals surface area contributed by atoms with E-state index in [1.54, 1.807) is 31.4 Å². The quantitative estimate of drug-likeness (QED) is 0.671. The average molecular weight is 335 g/mol. The minimum Gasteiger partial charge on any atom is -0.465 e. The van der Waals surface area contributed by atoms with E-state index >= 15 is 0 Å². The first kappa shape index (κ1) is 17.0. The SMILES string of the molecule is COC(=O)c1c(C)[nH]c(C(=O)[C@@H](C)OC(=O)c2cccs2)c1C. The molecule has 0 aromatic carbocycles. The molecule has 23 heavy (non-hydrogen) atoms. The summed E-state index contributed by atoms with van der Waals surface area (Å²) >= 11 is 1.24. The summed E-state index contributed by atoms with van der Waals surface area (Å²) in [5.41, 5.74) is 1.59. The molecule has 0 unspecified atom stereocenters. The van der Waals surface area contributed by atoms with Crippen LogP contribution in [0.25, 0.3) is 0 Å². The van der Waals surface area contributed by atoms with Gasteiger partial charge in [0.15, 0.2) is 6.10 Å². The Morgan fingerprint density at radius 3 is 2.48 bits per heavy atom. The van der Waals surface area contributed by atoms with Crippen LogP contribution < -0.4 is 0 Å². The van der Waals surface area contributed by atoms with Crippen LogP contribution in [0, 0.1) is 13.8 Å². The first-order chi connectivity index (χ1) is 10.9. The zero-order valence-electron chi connectivity index (χ0n) is 13.3. The Morgan fingerprint density at radius 2 is 1.91 bits per heavy atom. The summed E-state index contributed by atoms with van der Waals surface area (Å²) < 4.78 is 9.90. The molecule has 2 rings (SSSR count). The summed E-state index contributed by atoms with van der Waals surface area (Å²) in [6.07, 6.45) is -0.966. The highest BCUT2D eigenvalue weighted by Crippen LogP contribution is 2.21. The Labute approximate surface area is 137 Å². The molecule has 2 heterocycles. The summed E-state index contributed by atoms with van der Waals surface area (Å²) in [5, 5.41) is 1.75. The molecule has 0 saturated heterocycles. The topological polar surface area (TPSA) is 85.5 Å². The minimum absolute atomic E-state index is 0.245. The van der Waals surface area contributed by atoms with Crippen molar-refractivity contribution in [1.29, 1.82) is 0 Å². The third kappa shape index (κ3) is 3.34. The Morgan fingerprint density at radius 1 is 1.22 bits per heavy atom. The van der Waals surface area contributed by atoms with Crippen LogP contribution in [0.5, 0.6) is 0 Å². The predicted molar refractivity (Wildman–Crippen MR) is 85.1 cm³/mol. The number of aromatic nitrogens is 1. The number of Topliss-reactive ketones (excluding diaryl/α,β-unsaturated/α-hetero) is 1. The number of aromatic amines is 1. The number of methoxy groups -OCH3 is 1. The second-order valence-corrected chi connectivity index (χ2v) is 5.95. The number of H-pyrrole nitrogens is 1. The van der Waals surface area contributed by atoms with Crippen molar-refractivity contribution in [3.8, 4) is 0 Å². The lowest BCUT2D eigenvalue weighted by molar-refractivity contribution is 0.0321. The molecule has 1 atom stereocenters. The van der Waals surface area contributed by atoms with E-state index in [-0.39, 0.29) is 5.69 Å². The molecule has 2 aromatic rings. The van der Waals surface area contributed by atoms with Gasteiger partial charge in [0.25, 0.3) is 0 Å². The number of thiophene rings is 1. The van der Waals surface area contributed by atoms with Crippen molar-refractivity contribution < 1.29 is 23.9 Å². The molecule has 6 nitrogen and oxygen atoms in total. The van der Waals surface area contributed by atoms with E-state index in [2.05, 4.69) is 4.98 Å². The standard InChI is InChI=1S/C16H17NO5S/c1-8-12(16(20)21-4)9(2)17-13(8)14(18)10(3)22-15(19)11-6-5-7-23-11/h5-7,10,17H,1-4H3/t10-/m1/s1. The lowest BCUT2D eigenvalue weighted by atomic mass is 10.1. The fourth-order valence-electron chi connectivity index (χ4n) is 2.27. The second kappa shape index (κ2) is 6.78. The molecule has 0 aliphatic rings. The van der Waals surface area contributed by atoms with Crippen molar-refractivity contribution >= 4 is 29.1 Å². The lowest BCUT2D eigenvalue weighted by Crippen LogP contribution is -2.25. The molecular formula is C16H17NO5S. The zero-order valence-corrected chi connectivity index (χ0v) is 14.1. The van der Waals surface area contributed by atoms with Crippen LogP contribution in [0.4, 0.5) is 0 Å². The van der Waals surface area contributed by atoms with Crippen LogP contribution in [0.2, 0.25) is 0 Å². The zero-order chi connectivity index (χ0) is 17.1. The molecular weight excluding hydrogens is 318 g/mol. The number of aryl methyl sites for hydroxylation is 1. The van der Waals surface area contributed by atoms with Gasteiger partial charge in [0, 0.05) is 5.69 Å². The first-order valence-electron chi connectivity index (χ1n) is 6.93. The Balaban J connectivity index is 2.20. The van der Waals surface area contributed by atoms with Crippen molar-refractivity contribution in [2.24, 2.45) is 0 Å². The van der Waals surface area contributed by atoms with Crippen molar-refractivity contribution in [2.45, 2.75) is 26.9 Å². The van der Waals surface area contributed by atoms with Crippen LogP contribution in [-0.4, -0.2) is 35.9 Å². The van der Waals surface area contributed by atoms with Crippen molar-refractivity contribution in [3.05, 3.63) is 44.9 Å². The van der Waals surface area contributed by atoms with Gasteiger partial charge in [-0.3, -0.25) is 4.79 Å². The van der Waals surface area contributed by atoms with Crippen molar-refractivity contribution in [3.63, 3.8) is 0 Å². The van der Waals surface area contributed by atoms with Gasteiger partial charge in [-0.2, -0.15) is 0 Å². The third-order valence-electron chi connectivity index (χ3n) is 3.45. The molecule has 0 bridgehead atoms. The van der Waals surface area contributed by atoms with Gasteiger partial charge < -0.3 is 14.5 Å². The van der Waals surface area contributed by atoms with Crippen LogP contribution >= 0.6 is 11.3 Å². The average Bonchev–Trinajstić information content (AvgIpc) is 3.14. The fourth-order valence-corrected chi connectivity index (χ4v) is 2.88. The number of ether oxygens (including phenoxy) is 2. The second-order valence-electron chi connectivity index (χ2n) is 5.01. The maximum absolute atomic E-state index is 12.5. The van der Waals surface area contributed by atoms with Gasteiger partial charge in [-0.1, -0.05) is 6.07 Å². The van der Waals surface area contributed by atoms with E-state index in [4.69, 9.17) is 9.47 Å². The van der Waals surface area contributed by atoms with E-state index in [0.717, 1.165) is 0 Å². The van der Waals surface area contributed by atoms with E-state index in [1.165, 1.54) is 25.4 Å². The number of hydrogen-bond donors (Lipinski definition) is 1. The molecule has 7 heteroatoms. The summed E-state index contributed by atoms with van der Waals surface area (Å²) in [6.45, 7) is 4.83. The molecule has 0 fully saturated rings. The van der Waals surface area contributed by atoms with E-state index in [0.29, 0.717) is 21.7 Å². The molecule has 122 valence electrons. The van der Waals surface area contributed by atoms with Gasteiger partial charge in [-0.25, -0.2) is 9.59 Å². The third-order valence-corrected chi connectivity index (χ3v) is 4.30. The van der Waals surface area contributed by atoms with E-state index in [9.17, 15) is 14.4 Å². The number of carbonyl (C=O) groups is 3. The predicted octanol–water partition coefficient (Wildman–Crippen LogP) is 2.91. The highest BCUT2D eigenvalue weighted by atomic mass is 32.1. The first-order valence-corrected chi connectivity index (χ1v) is 7.81. The van der Waals surface area contributed by atoms with Gasteiger partial charge in [0.05, 0.1) is 18.4 Å². The van der Waals surface area contributed by atoms with Crippen molar-refractivity contribution in [2.75, 3.05) is 7.11 Å². The molecule has 0 radical (unpaired) electrons. The lowest BCUT2D eigenvalue weighted by Gasteiger charge is -2.11. The number of ketones is 1. The van der Waals surface area contributed by atoms with Crippen LogP contribution in [0.1, 0.15) is 48.7 Å². The molecule has 0 amide bonds. The molecule has 0 spiro atoms. The monoisotopic (exact) mass is 335 g/mol. The smallest absolute Gasteiger partial charge is 0.349 e. The fraction of sp³-hybridized carbons (Fsp3) is 0.312. The summed E-state index contributed by atoms with van der Waals surface area (Å²) in [6, 6.07) is 3.36. The number of hydrogen-bond acceptors (Lipinski definition) is 6. The van der Waals surface area contributed by atoms with E-state index in [1.807, 2.05) is 0 Å². The molecule has 0 saturated carbocycles. The van der Waals surface area contributed by atoms with Crippen molar-refractivity contribution in [1.82, 2.24) is 4.98 Å².